The Kier molecular flexibility index (Phi) is 7.71. The first-order chi connectivity index (χ1) is 15.7. The van der Waals surface area contributed by atoms with Crippen LogP contribution in [0.4, 0.5) is 0 Å². The van der Waals surface area contributed by atoms with Crippen LogP contribution in [-0.4, -0.2) is 72.2 Å². The third kappa shape index (κ3) is 5.84. The molecule has 2 aliphatic rings. The van der Waals surface area contributed by atoms with Gasteiger partial charge in [-0.05, 0) is 44.9 Å². The van der Waals surface area contributed by atoms with Gasteiger partial charge in [0, 0.05) is 50.0 Å². The lowest BCUT2D eigenvalue weighted by Crippen LogP contribution is -2.45. The van der Waals surface area contributed by atoms with Crippen molar-refractivity contribution in [3.05, 3.63) is 54.1 Å². The molecule has 0 radical (unpaired) electrons. The molecule has 0 N–H and O–H groups in total. The van der Waals surface area contributed by atoms with Gasteiger partial charge in [0.05, 0.1) is 13.2 Å². The molecule has 3 heterocycles. The van der Waals surface area contributed by atoms with Crippen molar-refractivity contribution in [2.45, 2.75) is 38.6 Å². The third-order valence-corrected chi connectivity index (χ3v) is 6.72. The van der Waals surface area contributed by atoms with E-state index >= 15 is 0 Å². The van der Waals surface area contributed by atoms with Gasteiger partial charge in [0.1, 0.15) is 17.8 Å². The van der Waals surface area contributed by atoms with Crippen molar-refractivity contribution in [1.29, 1.82) is 0 Å². The minimum Gasteiger partial charge on any atom is -0.493 e. The van der Waals surface area contributed by atoms with Crippen LogP contribution in [0.15, 0.2) is 42.9 Å². The van der Waals surface area contributed by atoms with E-state index in [1.807, 2.05) is 11.0 Å². The first kappa shape index (κ1) is 22.7. The maximum absolute atomic E-state index is 12.8. The van der Waals surface area contributed by atoms with Gasteiger partial charge in [-0.3, -0.25) is 9.69 Å². The summed E-state index contributed by atoms with van der Waals surface area (Å²) in [5.41, 5.74) is 1.75. The molecule has 7 nitrogen and oxygen atoms in total. The van der Waals surface area contributed by atoms with Crippen molar-refractivity contribution in [2.24, 2.45) is 5.41 Å². The molecule has 7 heteroatoms. The first-order valence-electron chi connectivity index (χ1n) is 11.7. The number of piperidine rings is 1. The molecule has 2 aromatic rings. The molecule has 32 heavy (non-hydrogen) atoms. The van der Waals surface area contributed by atoms with Gasteiger partial charge in [0.25, 0.3) is 5.91 Å². The monoisotopic (exact) mass is 438 g/mol. The van der Waals surface area contributed by atoms with E-state index in [0.29, 0.717) is 12.3 Å². The highest BCUT2D eigenvalue weighted by molar-refractivity contribution is 5.92. The molecule has 0 atom stereocenters. The number of amides is 1. The molecule has 0 bridgehead atoms. The number of likely N-dealkylation sites (tertiary alicyclic amines) is 1. The number of para-hydroxylation sites is 1. The highest BCUT2D eigenvalue weighted by Gasteiger charge is 2.37. The maximum Gasteiger partial charge on any atom is 0.272 e. The van der Waals surface area contributed by atoms with Gasteiger partial charge in [0.2, 0.25) is 0 Å². The van der Waals surface area contributed by atoms with Gasteiger partial charge in [-0.15, -0.1) is 0 Å². The fraction of sp³-hybridized carbons (Fsp3) is 0.560. The standard InChI is InChI=1S/C25H34N4O3/c1-28-15-17-31-16-5-4-9-25(19-32-23-7-3-2-6-21(23)18-28)10-13-29(14-11-25)24(30)22-8-12-26-20-27-22/h2-3,6-8,12,20H,4-5,9-11,13-19H2,1H3. The zero-order chi connectivity index (χ0) is 22.2. The summed E-state index contributed by atoms with van der Waals surface area (Å²) in [6, 6.07) is 10.0. The molecule has 172 valence electrons. The zero-order valence-corrected chi connectivity index (χ0v) is 19.0. The number of fused-ring (bicyclic) bond motifs is 1. The number of likely N-dealkylation sites (N-methyl/N-ethyl adjacent to an activating group) is 1. The minimum atomic E-state index is -0.00848. The summed E-state index contributed by atoms with van der Waals surface area (Å²) in [5, 5.41) is 0. The average Bonchev–Trinajstić information content (AvgIpc) is 2.83. The first-order valence-corrected chi connectivity index (χ1v) is 11.7. The topological polar surface area (TPSA) is 67.8 Å². The predicted molar refractivity (Wildman–Crippen MR) is 123 cm³/mol. The number of hydrogen-bond donors (Lipinski definition) is 0. The molecule has 4 rings (SSSR count). The fourth-order valence-corrected chi connectivity index (χ4v) is 4.63. The van der Waals surface area contributed by atoms with E-state index in [9.17, 15) is 4.79 Å². The summed E-state index contributed by atoms with van der Waals surface area (Å²) in [6.07, 6.45) is 8.19. The van der Waals surface area contributed by atoms with Gasteiger partial charge >= 0.3 is 0 Å². The van der Waals surface area contributed by atoms with Crippen LogP contribution < -0.4 is 4.74 Å². The average molecular weight is 439 g/mol. The van der Waals surface area contributed by atoms with Crippen LogP contribution in [-0.2, 0) is 11.3 Å². The van der Waals surface area contributed by atoms with Crippen LogP contribution in [0.25, 0.3) is 0 Å². The van der Waals surface area contributed by atoms with E-state index in [-0.39, 0.29) is 11.3 Å². The predicted octanol–water partition coefficient (Wildman–Crippen LogP) is 3.41. The van der Waals surface area contributed by atoms with Crippen LogP contribution >= 0.6 is 0 Å². The van der Waals surface area contributed by atoms with Gasteiger partial charge in [-0.25, -0.2) is 9.97 Å². The van der Waals surface area contributed by atoms with Crippen molar-refractivity contribution >= 4 is 5.91 Å². The lowest BCUT2D eigenvalue weighted by Gasteiger charge is -2.42. The number of carbonyl (C=O) groups excluding carboxylic acids is 1. The van der Waals surface area contributed by atoms with E-state index in [1.54, 1.807) is 12.3 Å². The summed E-state index contributed by atoms with van der Waals surface area (Å²) in [7, 11) is 2.12. The summed E-state index contributed by atoms with van der Waals surface area (Å²) >= 11 is 0. The molecule has 1 amide bonds. The van der Waals surface area contributed by atoms with Crippen LogP contribution in [0.1, 0.15) is 48.2 Å². The number of carbonyl (C=O) groups is 1. The molecular weight excluding hydrogens is 404 g/mol. The van der Waals surface area contributed by atoms with Crippen LogP contribution in [0.3, 0.4) is 0 Å². The van der Waals surface area contributed by atoms with Crippen molar-refractivity contribution in [1.82, 2.24) is 19.8 Å². The number of aromatic nitrogens is 2. The van der Waals surface area contributed by atoms with Crippen LogP contribution in [0.2, 0.25) is 0 Å². The molecule has 1 aromatic carbocycles. The second-order valence-electron chi connectivity index (χ2n) is 9.09. The Balaban J connectivity index is 1.45. The fourth-order valence-electron chi connectivity index (χ4n) is 4.63. The van der Waals surface area contributed by atoms with Gasteiger partial charge in [-0.1, -0.05) is 24.6 Å². The summed E-state index contributed by atoms with van der Waals surface area (Å²) < 4.78 is 12.3. The lowest BCUT2D eigenvalue weighted by molar-refractivity contribution is 0.0330. The molecular formula is C25H34N4O3. The van der Waals surface area contributed by atoms with Gasteiger partial charge < -0.3 is 14.4 Å². The Labute approximate surface area is 190 Å². The molecule has 1 saturated heterocycles. The van der Waals surface area contributed by atoms with E-state index in [1.165, 1.54) is 11.9 Å². The highest BCUT2D eigenvalue weighted by atomic mass is 16.5. The maximum atomic E-state index is 12.8. The Morgan fingerprint density at radius 1 is 1.03 bits per heavy atom. The minimum absolute atomic E-state index is 0.00848. The number of nitrogens with zero attached hydrogens (tertiary/aromatic N) is 4. The molecule has 0 saturated carbocycles. The number of rotatable bonds is 1. The van der Waals surface area contributed by atoms with Crippen molar-refractivity contribution in [2.75, 3.05) is 46.5 Å². The van der Waals surface area contributed by atoms with E-state index < -0.39 is 0 Å². The highest BCUT2D eigenvalue weighted by Crippen LogP contribution is 2.38. The number of hydrogen-bond acceptors (Lipinski definition) is 6. The SMILES string of the molecule is CN1CCOCCCCC2(CCN(C(=O)c3ccncn3)CC2)COc2ccccc2C1. The smallest absolute Gasteiger partial charge is 0.272 e. The van der Waals surface area contributed by atoms with E-state index in [2.05, 4.69) is 40.1 Å². The van der Waals surface area contributed by atoms with Crippen LogP contribution in [0, 0.1) is 5.41 Å². The Morgan fingerprint density at radius 3 is 2.69 bits per heavy atom. The second kappa shape index (κ2) is 10.9. The Morgan fingerprint density at radius 2 is 1.88 bits per heavy atom. The van der Waals surface area contributed by atoms with E-state index in [0.717, 1.165) is 77.2 Å². The summed E-state index contributed by atoms with van der Waals surface area (Å²) in [5.74, 6) is 0.960. The second-order valence-corrected chi connectivity index (χ2v) is 9.09. The number of ether oxygens (including phenoxy) is 2. The Bertz CT molecular complexity index is 869. The quantitative estimate of drug-likeness (QED) is 0.680. The molecule has 1 aromatic heterocycles. The van der Waals surface area contributed by atoms with Crippen molar-refractivity contribution in [3.63, 3.8) is 0 Å². The van der Waals surface area contributed by atoms with Crippen molar-refractivity contribution in [3.8, 4) is 5.75 Å². The van der Waals surface area contributed by atoms with Gasteiger partial charge in [-0.2, -0.15) is 0 Å². The third-order valence-electron chi connectivity index (χ3n) is 6.72. The number of benzene rings is 1. The normalized spacial score (nSPS) is 20.7. The molecule has 0 aliphatic carbocycles. The molecule has 2 aliphatic heterocycles. The Hall–Kier alpha value is -2.51. The zero-order valence-electron chi connectivity index (χ0n) is 19.0. The van der Waals surface area contributed by atoms with Gasteiger partial charge in [0.15, 0.2) is 0 Å². The molecule has 1 spiro atoms. The molecule has 0 unspecified atom stereocenters. The van der Waals surface area contributed by atoms with E-state index in [4.69, 9.17) is 9.47 Å². The van der Waals surface area contributed by atoms with Crippen molar-refractivity contribution < 1.29 is 14.3 Å². The largest absolute Gasteiger partial charge is 0.493 e. The van der Waals surface area contributed by atoms with Crippen LogP contribution in [0.5, 0.6) is 5.75 Å². The lowest BCUT2D eigenvalue weighted by atomic mass is 9.75. The molecule has 1 fully saturated rings. The summed E-state index contributed by atoms with van der Waals surface area (Å²) in [4.78, 5) is 25.1. The summed E-state index contributed by atoms with van der Waals surface area (Å²) in [6.45, 7) is 5.46.